The van der Waals surface area contributed by atoms with Gasteiger partial charge in [0, 0.05) is 24.4 Å². The predicted molar refractivity (Wildman–Crippen MR) is 107 cm³/mol. The van der Waals surface area contributed by atoms with E-state index >= 15 is 0 Å². The number of anilines is 1. The van der Waals surface area contributed by atoms with E-state index in [9.17, 15) is 4.79 Å². The van der Waals surface area contributed by atoms with Gasteiger partial charge >= 0.3 is 0 Å². The molecule has 0 radical (unpaired) electrons. The number of hydrogen-bond acceptors (Lipinski definition) is 4. The van der Waals surface area contributed by atoms with Gasteiger partial charge in [0.2, 0.25) is 0 Å². The fourth-order valence-electron chi connectivity index (χ4n) is 2.74. The van der Waals surface area contributed by atoms with Crippen molar-refractivity contribution in [3.8, 4) is 22.6 Å². The highest BCUT2D eigenvalue weighted by Crippen LogP contribution is 2.34. The van der Waals surface area contributed by atoms with Gasteiger partial charge in [-0.15, -0.1) is 11.3 Å². The number of rotatable bonds is 5. The first-order chi connectivity index (χ1) is 12.5. The van der Waals surface area contributed by atoms with Gasteiger partial charge in [0.15, 0.2) is 11.5 Å². The number of hydrogen-bond donors (Lipinski definition) is 0. The van der Waals surface area contributed by atoms with E-state index in [2.05, 4.69) is 12.1 Å². The summed E-state index contributed by atoms with van der Waals surface area (Å²) >= 11 is 1.45. The molecule has 1 aromatic heterocycles. The molecule has 0 bridgehead atoms. The largest absolute Gasteiger partial charge is 0.493 e. The molecule has 0 unspecified atom stereocenters. The smallest absolute Gasteiger partial charge is 0.268 e. The predicted octanol–water partition coefficient (Wildman–Crippen LogP) is 5.02. The third-order valence-electron chi connectivity index (χ3n) is 4.28. The van der Waals surface area contributed by atoms with Crippen molar-refractivity contribution in [2.75, 3.05) is 26.2 Å². The Bertz CT molecular complexity index is 915. The van der Waals surface area contributed by atoms with E-state index in [0.29, 0.717) is 16.4 Å². The summed E-state index contributed by atoms with van der Waals surface area (Å²) in [5, 5.41) is 1.95. The van der Waals surface area contributed by atoms with Crippen LogP contribution < -0.4 is 14.4 Å². The minimum Gasteiger partial charge on any atom is -0.493 e. The lowest BCUT2D eigenvalue weighted by atomic mass is 10.0. The van der Waals surface area contributed by atoms with E-state index in [0.717, 1.165) is 16.8 Å². The minimum atomic E-state index is -0.0530. The lowest BCUT2D eigenvalue weighted by molar-refractivity contribution is 0.0997. The highest BCUT2D eigenvalue weighted by Gasteiger charge is 2.20. The van der Waals surface area contributed by atoms with Crippen LogP contribution in [-0.2, 0) is 0 Å². The van der Waals surface area contributed by atoms with E-state index in [1.54, 1.807) is 38.3 Å². The number of thiophene rings is 1. The van der Waals surface area contributed by atoms with E-state index in [4.69, 9.17) is 9.47 Å². The van der Waals surface area contributed by atoms with Crippen LogP contribution in [-0.4, -0.2) is 27.2 Å². The Hall–Kier alpha value is -2.79. The van der Waals surface area contributed by atoms with E-state index in [-0.39, 0.29) is 5.91 Å². The summed E-state index contributed by atoms with van der Waals surface area (Å²) < 4.78 is 10.6. The van der Waals surface area contributed by atoms with Crippen LogP contribution in [0.3, 0.4) is 0 Å². The number of nitrogens with zero attached hydrogens (tertiary/aromatic N) is 1. The lowest BCUT2D eigenvalue weighted by Crippen LogP contribution is -2.25. The second kappa shape index (κ2) is 7.62. The van der Waals surface area contributed by atoms with E-state index < -0.39 is 0 Å². The Morgan fingerprint density at radius 2 is 1.65 bits per heavy atom. The van der Waals surface area contributed by atoms with Gasteiger partial charge in [-0.3, -0.25) is 4.79 Å². The molecule has 1 amide bonds. The summed E-state index contributed by atoms with van der Waals surface area (Å²) in [5.74, 6) is 1.17. The van der Waals surface area contributed by atoms with Crippen molar-refractivity contribution in [1.29, 1.82) is 0 Å². The molecule has 0 atom stereocenters. The van der Waals surface area contributed by atoms with Crippen LogP contribution >= 0.6 is 11.3 Å². The van der Waals surface area contributed by atoms with Gasteiger partial charge in [-0.1, -0.05) is 29.8 Å². The van der Waals surface area contributed by atoms with Crippen LogP contribution in [0, 0.1) is 6.92 Å². The van der Waals surface area contributed by atoms with Crippen LogP contribution in [0.15, 0.2) is 53.9 Å². The molecule has 26 heavy (non-hydrogen) atoms. The molecule has 4 nitrogen and oxygen atoms in total. The standard InChI is InChI=1S/C21H21NO3S/c1-14-5-7-15(8-6-14)17-11-12-26-20(17)21(23)22(2)16-9-10-18(24-3)19(13-16)25-4/h5-13H,1-4H3. The SMILES string of the molecule is COc1ccc(N(C)C(=O)c2sccc2-c2ccc(C)cc2)cc1OC. The Morgan fingerprint density at radius 3 is 2.31 bits per heavy atom. The second-order valence-corrected chi connectivity index (χ2v) is 6.85. The van der Waals surface area contributed by atoms with Gasteiger partial charge < -0.3 is 14.4 Å². The summed E-state index contributed by atoms with van der Waals surface area (Å²) in [5.41, 5.74) is 3.93. The van der Waals surface area contributed by atoms with Crippen molar-refractivity contribution in [1.82, 2.24) is 0 Å². The molecule has 0 spiro atoms. The van der Waals surface area contributed by atoms with Crippen molar-refractivity contribution >= 4 is 22.9 Å². The zero-order valence-electron chi connectivity index (χ0n) is 15.3. The maximum Gasteiger partial charge on any atom is 0.268 e. The van der Waals surface area contributed by atoms with Crippen molar-refractivity contribution < 1.29 is 14.3 Å². The Balaban J connectivity index is 1.93. The quantitative estimate of drug-likeness (QED) is 0.636. The molecule has 3 aromatic rings. The van der Waals surface area contributed by atoms with Gasteiger partial charge in [0.25, 0.3) is 5.91 Å². The summed E-state index contributed by atoms with van der Waals surface area (Å²) in [6, 6.07) is 15.6. The third-order valence-corrected chi connectivity index (χ3v) is 5.18. The molecular formula is C21H21NO3S. The number of amides is 1. The molecule has 0 saturated heterocycles. The zero-order chi connectivity index (χ0) is 18.7. The molecule has 5 heteroatoms. The number of ether oxygens (including phenoxy) is 2. The molecule has 3 rings (SSSR count). The number of aryl methyl sites for hydroxylation is 1. The molecule has 0 fully saturated rings. The van der Waals surface area contributed by atoms with Gasteiger partial charge in [-0.2, -0.15) is 0 Å². The Morgan fingerprint density at radius 1 is 0.962 bits per heavy atom. The van der Waals surface area contributed by atoms with Gasteiger partial charge in [0.05, 0.1) is 14.2 Å². The zero-order valence-corrected chi connectivity index (χ0v) is 16.1. The maximum atomic E-state index is 13.1. The first-order valence-corrected chi connectivity index (χ1v) is 9.07. The van der Waals surface area contributed by atoms with Crippen molar-refractivity contribution in [3.05, 3.63) is 64.4 Å². The van der Waals surface area contributed by atoms with E-state index in [1.807, 2.05) is 36.6 Å². The first-order valence-electron chi connectivity index (χ1n) is 8.19. The van der Waals surface area contributed by atoms with Crippen LogP contribution in [0.5, 0.6) is 11.5 Å². The molecule has 0 saturated carbocycles. The maximum absolute atomic E-state index is 13.1. The lowest BCUT2D eigenvalue weighted by Gasteiger charge is -2.19. The summed E-state index contributed by atoms with van der Waals surface area (Å²) in [6.45, 7) is 2.05. The molecule has 0 aliphatic carbocycles. The van der Waals surface area contributed by atoms with Crippen molar-refractivity contribution in [3.63, 3.8) is 0 Å². The molecule has 0 aliphatic heterocycles. The van der Waals surface area contributed by atoms with Crippen LogP contribution in [0.1, 0.15) is 15.2 Å². The molecule has 1 heterocycles. The first kappa shape index (κ1) is 18.0. The van der Waals surface area contributed by atoms with Crippen LogP contribution in [0.25, 0.3) is 11.1 Å². The molecule has 134 valence electrons. The Kier molecular flexibility index (Phi) is 5.28. The highest BCUT2D eigenvalue weighted by atomic mass is 32.1. The molecule has 0 aliphatic rings. The summed E-state index contributed by atoms with van der Waals surface area (Å²) in [4.78, 5) is 15.4. The second-order valence-electron chi connectivity index (χ2n) is 5.93. The van der Waals surface area contributed by atoms with Crippen molar-refractivity contribution in [2.24, 2.45) is 0 Å². The minimum absolute atomic E-state index is 0.0530. The third kappa shape index (κ3) is 3.44. The fraction of sp³-hybridized carbons (Fsp3) is 0.190. The summed E-state index contributed by atoms with van der Waals surface area (Å²) in [6.07, 6.45) is 0. The van der Waals surface area contributed by atoms with Crippen LogP contribution in [0.4, 0.5) is 5.69 Å². The molecular weight excluding hydrogens is 346 g/mol. The normalized spacial score (nSPS) is 10.5. The fourth-order valence-corrected chi connectivity index (χ4v) is 3.63. The molecule has 0 N–H and O–H groups in total. The van der Waals surface area contributed by atoms with E-state index in [1.165, 1.54) is 16.9 Å². The van der Waals surface area contributed by atoms with Gasteiger partial charge in [-0.25, -0.2) is 0 Å². The monoisotopic (exact) mass is 367 g/mol. The average molecular weight is 367 g/mol. The number of carbonyl (C=O) groups excluding carboxylic acids is 1. The van der Waals surface area contributed by atoms with Gasteiger partial charge in [0.1, 0.15) is 4.88 Å². The Labute approximate surface area is 157 Å². The molecule has 2 aromatic carbocycles. The van der Waals surface area contributed by atoms with Crippen molar-refractivity contribution in [2.45, 2.75) is 6.92 Å². The average Bonchev–Trinajstić information content (AvgIpc) is 3.16. The number of benzene rings is 2. The topological polar surface area (TPSA) is 38.8 Å². The van der Waals surface area contributed by atoms with Crippen LogP contribution in [0.2, 0.25) is 0 Å². The number of methoxy groups -OCH3 is 2. The van der Waals surface area contributed by atoms with Gasteiger partial charge in [-0.05, 0) is 36.1 Å². The number of carbonyl (C=O) groups is 1. The highest BCUT2D eigenvalue weighted by molar-refractivity contribution is 7.12. The summed E-state index contributed by atoms with van der Waals surface area (Å²) in [7, 11) is 4.94.